The fourth-order valence-corrected chi connectivity index (χ4v) is 3.00. The molecule has 1 heterocycles. The van der Waals surface area contributed by atoms with Crippen LogP contribution in [0.1, 0.15) is 0 Å². The Balaban J connectivity index is 2.10. The molecule has 0 aliphatic carbocycles. The monoisotopic (exact) mass is 352 g/mol. The number of halogens is 2. The highest BCUT2D eigenvalue weighted by atomic mass is 32.2. The number of anilines is 1. The molecule has 8 heteroatoms. The van der Waals surface area contributed by atoms with Gasteiger partial charge in [-0.3, -0.25) is 4.72 Å². The zero-order valence-corrected chi connectivity index (χ0v) is 13.7. The van der Waals surface area contributed by atoms with E-state index in [4.69, 9.17) is 4.74 Å². The molecule has 0 amide bonds. The van der Waals surface area contributed by atoms with Gasteiger partial charge in [-0.1, -0.05) is 0 Å². The Morgan fingerprint density at radius 2 is 1.79 bits per heavy atom. The zero-order valence-electron chi connectivity index (χ0n) is 12.9. The summed E-state index contributed by atoms with van der Waals surface area (Å²) in [5.41, 5.74) is 1.94. The molecule has 2 aromatic carbocycles. The van der Waals surface area contributed by atoms with Crippen LogP contribution in [0, 0.1) is 11.6 Å². The predicted octanol–water partition coefficient (Wildman–Crippen LogP) is 3.49. The highest BCUT2D eigenvalue weighted by Crippen LogP contribution is 2.32. The van der Waals surface area contributed by atoms with Crippen LogP contribution in [0.2, 0.25) is 0 Å². The van der Waals surface area contributed by atoms with Gasteiger partial charge in [0.25, 0.3) is 0 Å². The van der Waals surface area contributed by atoms with E-state index in [0.717, 1.165) is 18.4 Å². The number of hydrogen-bond acceptors (Lipinski definition) is 3. The first-order valence-corrected chi connectivity index (χ1v) is 8.80. The smallest absolute Gasteiger partial charge is 0.229 e. The number of benzene rings is 2. The van der Waals surface area contributed by atoms with Gasteiger partial charge in [-0.2, -0.15) is 0 Å². The topological polar surface area (TPSA) is 71.2 Å². The van der Waals surface area contributed by atoms with Crippen molar-refractivity contribution in [3.8, 4) is 17.0 Å². The van der Waals surface area contributed by atoms with Crippen LogP contribution >= 0.6 is 0 Å². The average molecular weight is 352 g/mol. The lowest BCUT2D eigenvalue weighted by Crippen LogP contribution is -2.10. The summed E-state index contributed by atoms with van der Waals surface area (Å²) in [5.74, 6) is -1.51. The van der Waals surface area contributed by atoms with E-state index in [0.29, 0.717) is 27.9 Å². The molecule has 0 radical (unpaired) electrons. The molecule has 0 aliphatic rings. The second kappa shape index (κ2) is 5.79. The van der Waals surface area contributed by atoms with Crippen LogP contribution in [0.15, 0.2) is 36.4 Å². The Bertz CT molecular complexity index is 990. The van der Waals surface area contributed by atoms with Crippen LogP contribution in [0.3, 0.4) is 0 Å². The SMILES string of the molecule is COc1ccc(-c2cc3cc(F)c(F)cc3[nH]2)cc1NS(C)(=O)=O. The fourth-order valence-electron chi connectivity index (χ4n) is 2.44. The number of H-pyrrole nitrogens is 1. The molecule has 0 saturated heterocycles. The van der Waals surface area contributed by atoms with Gasteiger partial charge in [0.2, 0.25) is 10.0 Å². The van der Waals surface area contributed by atoms with Gasteiger partial charge in [-0.15, -0.1) is 0 Å². The molecule has 0 fully saturated rings. The summed E-state index contributed by atoms with van der Waals surface area (Å²) in [4.78, 5) is 2.98. The predicted molar refractivity (Wildman–Crippen MR) is 88.7 cm³/mol. The van der Waals surface area contributed by atoms with Gasteiger partial charge in [0.05, 0.1) is 19.1 Å². The lowest BCUT2D eigenvalue weighted by molar-refractivity contribution is 0.417. The number of ether oxygens (including phenoxy) is 1. The van der Waals surface area contributed by atoms with Crippen molar-refractivity contribution in [1.29, 1.82) is 0 Å². The van der Waals surface area contributed by atoms with E-state index >= 15 is 0 Å². The Kier molecular flexibility index (Phi) is 3.92. The molecule has 1 aromatic heterocycles. The molecular formula is C16H14F2N2O3S. The quantitative estimate of drug-likeness (QED) is 0.755. The van der Waals surface area contributed by atoms with Crippen LogP contribution in [0.4, 0.5) is 14.5 Å². The van der Waals surface area contributed by atoms with Crippen LogP contribution < -0.4 is 9.46 Å². The number of hydrogen-bond donors (Lipinski definition) is 2. The maximum Gasteiger partial charge on any atom is 0.229 e. The lowest BCUT2D eigenvalue weighted by atomic mass is 10.1. The molecule has 0 spiro atoms. The summed E-state index contributed by atoms with van der Waals surface area (Å²) < 4.78 is 57.1. The standard InChI is InChI=1S/C16H14F2N2O3S/c1-23-16-4-3-9(6-15(16)20-24(2,21)22)13-7-10-5-11(17)12(18)8-14(10)19-13/h3-8,19-20H,1-2H3. The van der Waals surface area contributed by atoms with Gasteiger partial charge in [-0.25, -0.2) is 17.2 Å². The maximum absolute atomic E-state index is 13.3. The van der Waals surface area contributed by atoms with Gasteiger partial charge < -0.3 is 9.72 Å². The number of aromatic amines is 1. The van der Waals surface area contributed by atoms with Gasteiger partial charge in [0.1, 0.15) is 5.75 Å². The van der Waals surface area contributed by atoms with Gasteiger partial charge in [-0.05, 0) is 30.3 Å². The number of aromatic nitrogens is 1. The summed E-state index contributed by atoms with van der Waals surface area (Å²) in [6.07, 6.45) is 1.04. The van der Waals surface area contributed by atoms with Gasteiger partial charge in [0, 0.05) is 28.2 Å². The molecule has 0 unspecified atom stereocenters. The third-order valence-electron chi connectivity index (χ3n) is 3.47. The van der Waals surface area contributed by atoms with E-state index in [1.807, 2.05) is 0 Å². The summed E-state index contributed by atoms with van der Waals surface area (Å²) in [7, 11) is -2.06. The minimum Gasteiger partial charge on any atom is -0.495 e. The first kappa shape index (κ1) is 16.3. The van der Waals surface area contributed by atoms with Crippen LogP contribution in [0.25, 0.3) is 22.2 Å². The van der Waals surface area contributed by atoms with E-state index in [1.54, 1.807) is 24.3 Å². The van der Waals surface area contributed by atoms with E-state index in [9.17, 15) is 17.2 Å². The maximum atomic E-state index is 13.3. The zero-order chi connectivity index (χ0) is 17.5. The van der Waals surface area contributed by atoms with Crippen LogP contribution in [-0.4, -0.2) is 26.8 Å². The molecule has 126 valence electrons. The average Bonchev–Trinajstić information content (AvgIpc) is 2.89. The highest BCUT2D eigenvalue weighted by molar-refractivity contribution is 7.92. The minimum atomic E-state index is -3.48. The Hall–Kier alpha value is -2.61. The highest BCUT2D eigenvalue weighted by Gasteiger charge is 2.12. The van der Waals surface area contributed by atoms with E-state index in [-0.39, 0.29) is 5.69 Å². The number of nitrogens with one attached hydrogen (secondary N) is 2. The van der Waals surface area contributed by atoms with Crippen molar-refractivity contribution < 1.29 is 21.9 Å². The molecular weight excluding hydrogens is 338 g/mol. The summed E-state index contributed by atoms with van der Waals surface area (Å²) >= 11 is 0. The lowest BCUT2D eigenvalue weighted by Gasteiger charge is -2.11. The van der Waals surface area contributed by atoms with Crippen LogP contribution in [-0.2, 0) is 10.0 Å². The van der Waals surface area contributed by atoms with Crippen molar-refractivity contribution in [3.63, 3.8) is 0 Å². The van der Waals surface area contributed by atoms with Crippen molar-refractivity contribution >= 4 is 26.6 Å². The molecule has 2 N–H and O–H groups in total. The summed E-state index contributed by atoms with van der Waals surface area (Å²) in [6.45, 7) is 0. The Labute approximate surface area is 137 Å². The van der Waals surface area contributed by atoms with E-state index in [1.165, 1.54) is 7.11 Å². The minimum absolute atomic E-state index is 0.272. The number of fused-ring (bicyclic) bond motifs is 1. The summed E-state index contributed by atoms with van der Waals surface area (Å²) in [6, 6.07) is 8.73. The number of sulfonamides is 1. The van der Waals surface area contributed by atoms with Crippen molar-refractivity contribution in [3.05, 3.63) is 48.0 Å². The van der Waals surface area contributed by atoms with Crippen molar-refractivity contribution in [1.82, 2.24) is 4.98 Å². The third-order valence-corrected chi connectivity index (χ3v) is 4.06. The fraction of sp³-hybridized carbons (Fsp3) is 0.125. The number of methoxy groups -OCH3 is 1. The van der Waals surface area contributed by atoms with E-state index < -0.39 is 21.7 Å². The van der Waals surface area contributed by atoms with Crippen molar-refractivity contribution in [2.75, 3.05) is 18.1 Å². The van der Waals surface area contributed by atoms with Crippen molar-refractivity contribution in [2.45, 2.75) is 0 Å². The first-order chi connectivity index (χ1) is 11.3. The largest absolute Gasteiger partial charge is 0.495 e. The molecule has 3 aromatic rings. The Morgan fingerprint density at radius 3 is 2.46 bits per heavy atom. The van der Waals surface area contributed by atoms with Crippen LogP contribution in [0.5, 0.6) is 5.75 Å². The van der Waals surface area contributed by atoms with Crippen molar-refractivity contribution in [2.24, 2.45) is 0 Å². The molecule has 5 nitrogen and oxygen atoms in total. The Morgan fingerprint density at radius 1 is 1.08 bits per heavy atom. The third kappa shape index (κ3) is 3.18. The van der Waals surface area contributed by atoms with E-state index in [2.05, 4.69) is 9.71 Å². The molecule has 0 aliphatic heterocycles. The second-order valence-corrected chi connectivity index (χ2v) is 7.07. The first-order valence-electron chi connectivity index (χ1n) is 6.91. The van der Waals surface area contributed by atoms with Gasteiger partial charge in [0.15, 0.2) is 11.6 Å². The molecule has 0 saturated carbocycles. The normalized spacial score (nSPS) is 11.7. The molecule has 24 heavy (non-hydrogen) atoms. The molecule has 0 bridgehead atoms. The second-order valence-electron chi connectivity index (χ2n) is 5.33. The molecule has 3 rings (SSSR count). The molecule has 0 atom stereocenters. The summed E-state index contributed by atoms with van der Waals surface area (Å²) in [5, 5.41) is 0.511. The number of rotatable bonds is 4. The van der Waals surface area contributed by atoms with Gasteiger partial charge >= 0.3 is 0 Å².